The van der Waals surface area contributed by atoms with Gasteiger partial charge in [0.25, 0.3) is 0 Å². The summed E-state index contributed by atoms with van der Waals surface area (Å²) in [7, 11) is 0. The van der Waals surface area contributed by atoms with Gasteiger partial charge >= 0.3 is 0 Å². The summed E-state index contributed by atoms with van der Waals surface area (Å²) < 4.78 is 5.00. The number of aromatic nitrogens is 2. The molecule has 0 aromatic carbocycles. The maximum atomic E-state index is 5.00. The van der Waals surface area contributed by atoms with Crippen LogP contribution in [0.25, 0.3) is 0 Å². The van der Waals surface area contributed by atoms with Crippen LogP contribution in [0.4, 0.5) is 0 Å². The van der Waals surface area contributed by atoms with E-state index in [2.05, 4.69) is 20.8 Å². The van der Waals surface area contributed by atoms with Crippen LogP contribution in [0.2, 0.25) is 0 Å². The number of aryl methyl sites for hydroxylation is 1. The third-order valence-electron chi connectivity index (χ3n) is 2.94. The van der Waals surface area contributed by atoms with Gasteiger partial charge in [-0.25, -0.2) is 0 Å². The van der Waals surface area contributed by atoms with Gasteiger partial charge in [-0.15, -0.1) is 0 Å². The second-order valence-electron chi connectivity index (χ2n) is 4.35. The minimum atomic E-state index is 0.660. The fourth-order valence-corrected chi connectivity index (χ4v) is 2.10. The molecule has 0 unspecified atom stereocenters. The van der Waals surface area contributed by atoms with E-state index < -0.39 is 0 Å². The van der Waals surface area contributed by atoms with Gasteiger partial charge in [-0.1, -0.05) is 18.0 Å². The molecular formula is C11H20N4O. The van der Waals surface area contributed by atoms with Crippen molar-refractivity contribution in [1.29, 1.82) is 0 Å². The van der Waals surface area contributed by atoms with E-state index in [1.165, 1.54) is 25.7 Å². The van der Waals surface area contributed by atoms with Crippen LogP contribution in [0.3, 0.4) is 0 Å². The molecule has 1 aliphatic carbocycles. The van der Waals surface area contributed by atoms with E-state index in [9.17, 15) is 0 Å². The molecule has 2 rings (SSSR count). The van der Waals surface area contributed by atoms with Crippen molar-refractivity contribution in [3.05, 3.63) is 11.7 Å². The topological polar surface area (TPSA) is 63.0 Å². The fraction of sp³-hybridized carbons (Fsp3) is 0.818. The highest BCUT2D eigenvalue weighted by molar-refractivity contribution is 4.82. The summed E-state index contributed by atoms with van der Waals surface area (Å²) in [5, 5.41) is 10.6. The summed E-state index contributed by atoms with van der Waals surface area (Å²) >= 11 is 0. The molecule has 0 aliphatic heterocycles. The Morgan fingerprint density at radius 2 is 2.12 bits per heavy atom. The first kappa shape index (κ1) is 11.5. The molecule has 5 heteroatoms. The lowest BCUT2D eigenvalue weighted by Crippen LogP contribution is -2.33. The van der Waals surface area contributed by atoms with Gasteiger partial charge in [0.15, 0.2) is 5.82 Å². The molecule has 5 nitrogen and oxygen atoms in total. The molecule has 0 radical (unpaired) electrons. The Hall–Kier alpha value is -0.940. The highest BCUT2D eigenvalue weighted by Gasteiger charge is 2.13. The van der Waals surface area contributed by atoms with Crippen molar-refractivity contribution in [3.63, 3.8) is 0 Å². The molecule has 16 heavy (non-hydrogen) atoms. The van der Waals surface area contributed by atoms with E-state index in [0.29, 0.717) is 18.3 Å². The Bertz CT molecular complexity index is 307. The van der Waals surface area contributed by atoms with E-state index in [1.54, 1.807) is 0 Å². The average molecular weight is 224 g/mol. The second kappa shape index (κ2) is 5.96. The Morgan fingerprint density at radius 1 is 1.31 bits per heavy atom. The first-order valence-electron chi connectivity index (χ1n) is 6.08. The highest BCUT2D eigenvalue weighted by Crippen LogP contribution is 2.16. The lowest BCUT2D eigenvalue weighted by molar-refractivity contribution is 0.363. The molecule has 0 amide bonds. The number of hydrogen-bond acceptors (Lipinski definition) is 5. The lowest BCUT2D eigenvalue weighted by Gasteiger charge is -2.11. The first-order chi connectivity index (χ1) is 7.84. The summed E-state index contributed by atoms with van der Waals surface area (Å²) in [6.45, 7) is 4.44. The third kappa shape index (κ3) is 3.57. The van der Waals surface area contributed by atoms with Gasteiger partial charge in [0.2, 0.25) is 5.89 Å². The Balaban J connectivity index is 1.51. The molecule has 1 aromatic rings. The van der Waals surface area contributed by atoms with Gasteiger partial charge in [-0.3, -0.25) is 0 Å². The predicted octanol–water partition coefficient (Wildman–Crippen LogP) is 1.000. The molecule has 2 N–H and O–H groups in total. The maximum Gasteiger partial charge on any atom is 0.240 e. The van der Waals surface area contributed by atoms with Crippen molar-refractivity contribution < 1.29 is 4.52 Å². The zero-order chi connectivity index (χ0) is 11.2. The van der Waals surface area contributed by atoms with Crippen molar-refractivity contribution >= 4 is 0 Å². The Labute approximate surface area is 96.0 Å². The second-order valence-corrected chi connectivity index (χ2v) is 4.35. The summed E-state index contributed by atoms with van der Waals surface area (Å²) in [5.41, 5.74) is 0. The Morgan fingerprint density at radius 3 is 2.81 bits per heavy atom. The fourth-order valence-electron chi connectivity index (χ4n) is 2.10. The highest BCUT2D eigenvalue weighted by atomic mass is 16.5. The van der Waals surface area contributed by atoms with Crippen molar-refractivity contribution in [1.82, 2.24) is 20.8 Å². The smallest absolute Gasteiger partial charge is 0.240 e. The van der Waals surface area contributed by atoms with E-state index in [4.69, 9.17) is 4.52 Å². The van der Waals surface area contributed by atoms with E-state index >= 15 is 0 Å². The zero-order valence-electron chi connectivity index (χ0n) is 9.83. The number of rotatable bonds is 6. The molecule has 90 valence electrons. The zero-order valence-corrected chi connectivity index (χ0v) is 9.83. The number of nitrogens with zero attached hydrogens (tertiary/aromatic N) is 2. The number of hydrogen-bond donors (Lipinski definition) is 2. The molecule has 1 aliphatic rings. The molecule has 1 aromatic heterocycles. The van der Waals surface area contributed by atoms with Crippen LogP contribution in [0.1, 0.15) is 37.4 Å². The van der Waals surface area contributed by atoms with E-state index in [-0.39, 0.29) is 0 Å². The molecule has 1 fully saturated rings. The van der Waals surface area contributed by atoms with Crippen LogP contribution in [0, 0.1) is 6.92 Å². The molecule has 0 spiro atoms. The average Bonchev–Trinajstić information content (AvgIpc) is 2.89. The van der Waals surface area contributed by atoms with Gasteiger partial charge < -0.3 is 15.2 Å². The molecule has 1 heterocycles. The molecule has 0 saturated heterocycles. The van der Waals surface area contributed by atoms with Gasteiger partial charge in [0.05, 0.1) is 6.54 Å². The molecule has 0 atom stereocenters. The molecular weight excluding hydrogens is 204 g/mol. The summed E-state index contributed by atoms with van der Waals surface area (Å²) in [6.07, 6.45) is 5.43. The van der Waals surface area contributed by atoms with Crippen LogP contribution in [0.15, 0.2) is 4.52 Å². The van der Waals surface area contributed by atoms with Gasteiger partial charge in [-0.2, -0.15) is 4.98 Å². The minimum absolute atomic E-state index is 0.660. The lowest BCUT2D eigenvalue weighted by atomic mass is 10.2. The summed E-state index contributed by atoms with van der Waals surface area (Å²) in [5.74, 6) is 1.36. The van der Waals surface area contributed by atoms with Gasteiger partial charge in [0.1, 0.15) is 0 Å². The van der Waals surface area contributed by atoms with E-state index in [0.717, 1.165) is 19.1 Å². The SMILES string of the molecule is Cc1noc(CNCCNC2CCCC2)n1. The van der Waals surface area contributed by atoms with Crippen LogP contribution < -0.4 is 10.6 Å². The normalized spacial score (nSPS) is 17.1. The Kier molecular flexibility index (Phi) is 4.30. The van der Waals surface area contributed by atoms with Crippen LogP contribution in [-0.4, -0.2) is 29.3 Å². The summed E-state index contributed by atoms with van der Waals surface area (Å²) in [4.78, 5) is 4.13. The van der Waals surface area contributed by atoms with Crippen LogP contribution in [-0.2, 0) is 6.54 Å². The summed E-state index contributed by atoms with van der Waals surface area (Å²) in [6, 6.07) is 0.743. The number of nitrogens with one attached hydrogen (secondary N) is 2. The van der Waals surface area contributed by atoms with Gasteiger partial charge in [0, 0.05) is 19.1 Å². The van der Waals surface area contributed by atoms with Crippen molar-refractivity contribution in [2.45, 2.75) is 45.2 Å². The van der Waals surface area contributed by atoms with Crippen molar-refractivity contribution in [3.8, 4) is 0 Å². The standard InChI is InChI=1S/C11H20N4O/c1-9-14-11(16-15-9)8-12-6-7-13-10-4-2-3-5-10/h10,12-13H,2-8H2,1H3. The van der Waals surface area contributed by atoms with Crippen molar-refractivity contribution in [2.24, 2.45) is 0 Å². The predicted molar refractivity (Wildman–Crippen MR) is 61.0 cm³/mol. The van der Waals surface area contributed by atoms with Gasteiger partial charge in [-0.05, 0) is 19.8 Å². The monoisotopic (exact) mass is 224 g/mol. The van der Waals surface area contributed by atoms with Crippen molar-refractivity contribution in [2.75, 3.05) is 13.1 Å². The largest absolute Gasteiger partial charge is 0.338 e. The minimum Gasteiger partial charge on any atom is -0.338 e. The molecule has 1 saturated carbocycles. The quantitative estimate of drug-likeness (QED) is 0.706. The third-order valence-corrected chi connectivity index (χ3v) is 2.94. The maximum absolute atomic E-state index is 5.00. The van der Waals surface area contributed by atoms with Crippen LogP contribution in [0.5, 0.6) is 0 Å². The van der Waals surface area contributed by atoms with E-state index in [1.807, 2.05) is 6.92 Å². The first-order valence-corrected chi connectivity index (χ1v) is 6.08. The molecule has 0 bridgehead atoms. The van der Waals surface area contributed by atoms with Crippen LogP contribution >= 0.6 is 0 Å².